The third kappa shape index (κ3) is 4.71. The molecule has 4 rings (SSSR count). The maximum Gasteiger partial charge on any atom is 0.350 e. The molecular formula is C17H25ClN5O7P. The molecule has 0 radical (unpaired) electrons. The fraction of sp³-hybridized carbons (Fsp3) is 0.706. The highest BCUT2D eigenvalue weighted by Crippen LogP contribution is 2.37. The first-order valence-electron chi connectivity index (χ1n) is 9.93. The molecule has 1 saturated heterocycles. The smallest absolute Gasteiger partial charge is 0.350 e. The van der Waals surface area contributed by atoms with Crippen molar-refractivity contribution < 1.29 is 34.0 Å². The molecule has 0 unspecified atom stereocenters. The van der Waals surface area contributed by atoms with Gasteiger partial charge in [-0.3, -0.25) is 4.57 Å². The first kappa shape index (κ1) is 22.8. The third-order valence-corrected chi connectivity index (χ3v) is 6.42. The van der Waals surface area contributed by atoms with Gasteiger partial charge in [-0.05, 0) is 24.4 Å². The minimum Gasteiger partial charge on any atom is -0.387 e. The molecule has 12 nitrogen and oxygen atoms in total. The summed E-state index contributed by atoms with van der Waals surface area (Å²) in [5, 5.41) is 25.8. The number of nitrogens with zero attached hydrogens (tertiary/aromatic N) is 5. The summed E-state index contributed by atoms with van der Waals surface area (Å²) >= 11 is 6.18. The van der Waals surface area contributed by atoms with Crippen LogP contribution in [0.4, 0.5) is 5.82 Å². The zero-order chi connectivity index (χ0) is 22.3. The molecule has 1 aliphatic carbocycles. The van der Waals surface area contributed by atoms with Crippen molar-refractivity contribution in [1.29, 1.82) is 0 Å². The lowest BCUT2D eigenvalue weighted by atomic mass is 10.1. The molecule has 2 aromatic rings. The molecule has 14 heteroatoms. The summed E-state index contributed by atoms with van der Waals surface area (Å²) in [6, 6.07) is 0.336. The van der Waals surface area contributed by atoms with Gasteiger partial charge in [0.25, 0.3) is 0 Å². The maximum absolute atomic E-state index is 10.9. The molecule has 1 saturated carbocycles. The Balaban J connectivity index is 1.59. The molecule has 4 N–H and O–H groups in total. The fourth-order valence-electron chi connectivity index (χ4n) is 4.16. The van der Waals surface area contributed by atoms with Gasteiger partial charge in [-0.2, -0.15) is 15.1 Å². The number of hydrogen-bond donors (Lipinski definition) is 4. The molecule has 31 heavy (non-hydrogen) atoms. The number of hydrogen-bond acceptors (Lipinski definition) is 9. The van der Waals surface area contributed by atoms with Crippen molar-refractivity contribution in [3.63, 3.8) is 0 Å². The van der Waals surface area contributed by atoms with Crippen LogP contribution in [0.25, 0.3) is 11.0 Å². The van der Waals surface area contributed by atoms with Crippen LogP contribution in [0.3, 0.4) is 0 Å². The van der Waals surface area contributed by atoms with Crippen molar-refractivity contribution >= 4 is 36.0 Å². The second-order valence-electron chi connectivity index (χ2n) is 7.90. The standard InChI is InChI=1S/C17H25ClN5O7P/c1-22(9-4-2-3-5-9)14-10-6-19-23(15(10)21-17(18)20-14)16-13(25)12(24)11(30-16)7-29-8-31(26,27)28/h6,9,11-13,16,24-25H,2-5,7-8H2,1H3,(H2,26,27,28)/t11-,12-,13-,16-/m1/s1. The van der Waals surface area contributed by atoms with Gasteiger partial charge in [-0.15, -0.1) is 0 Å². The molecule has 4 atom stereocenters. The fourth-order valence-corrected chi connectivity index (χ4v) is 4.66. The lowest BCUT2D eigenvalue weighted by Crippen LogP contribution is -2.34. The van der Waals surface area contributed by atoms with Crippen molar-refractivity contribution in [2.24, 2.45) is 0 Å². The van der Waals surface area contributed by atoms with Gasteiger partial charge in [-0.25, -0.2) is 4.68 Å². The Hall–Kier alpha value is -1.37. The highest BCUT2D eigenvalue weighted by Gasteiger charge is 2.45. The second-order valence-corrected chi connectivity index (χ2v) is 9.83. The Morgan fingerprint density at radius 3 is 2.68 bits per heavy atom. The number of anilines is 1. The Labute approximate surface area is 182 Å². The van der Waals surface area contributed by atoms with Gasteiger partial charge in [0.2, 0.25) is 5.28 Å². The van der Waals surface area contributed by atoms with Crippen LogP contribution < -0.4 is 4.90 Å². The van der Waals surface area contributed by atoms with E-state index in [9.17, 15) is 14.8 Å². The van der Waals surface area contributed by atoms with Gasteiger partial charge in [0.15, 0.2) is 11.9 Å². The number of aliphatic hydroxyl groups is 2. The summed E-state index contributed by atoms with van der Waals surface area (Å²) in [6.07, 6.45) is 0.355. The van der Waals surface area contributed by atoms with Gasteiger partial charge in [0.1, 0.15) is 30.5 Å². The zero-order valence-electron chi connectivity index (χ0n) is 16.8. The Kier molecular flexibility index (Phi) is 6.53. The highest BCUT2D eigenvalue weighted by atomic mass is 35.5. The molecular weight excluding hydrogens is 453 g/mol. The Morgan fingerprint density at radius 1 is 1.29 bits per heavy atom. The van der Waals surface area contributed by atoms with Crippen LogP contribution in [0.1, 0.15) is 31.9 Å². The third-order valence-electron chi connectivity index (χ3n) is 5.73. The van der Waals surface area contributed by atoms with Gasteiger partial charge >= 0.3 is 7.60 Å². The van der Waals surface area contributed by atoms with Crippen molar-refractivity contribution in [3.8, 4) is 0 Å². The maximum atomic E-state index is 10.9. The molecule has 2 aliphatic rings. The van der Waals surface area contributed by atoms with Crippen LogP contribution in [-0.4, -0.2) is 84.1 Å². The van der Waals surface area contributed by atoms with E-state index in [0.717, 1.165) is 25.7 Å². The average molecular weight is 478 g/mol. The number of halogens is 1. The molecule has 3 heterocycles. The lowest BCUT2D eigenvalue weighted by molar-refractivity contribution is -0.0658. The molecule has 0 amide bonds. The van der Waals surface area contributed by atoms with E-state index in [2.05, 4.69) is 20.0 Å². The lowest BCUT2D eigenvalue weighted by Gasteiger charge is -2.26. The van der Waals surface area contributed by atoms with Crippen LogP contribution in [-0.2, 0) is 14.0 Å². The van der Waals surface area contributed by atoms with E-state index < -0.39 is 38.5 Å². The summed E-state index contributed by atoms with van der Waals surface area (Å²) in [7, 11) is -2.41. The van der Waals surface area contributed by atoms with Crippen molar-refractivity contribution in [3.05, 3.63) is 11.5 Å². The van der Waals surface area contributed by atoms with Crippen LogP contribution in [0, 0.1) is 0 Å². The second kappa shape index (κ2) is 8.87. The predicted molar refractivity (Wildman–Crippen MR) is 110 cm³/mol. The predicted octanol–water partition coefficient (Wildman–Crippen LogP) is 0.629. The van der Waals surface area contributed by atoms with Gasteiger partial charge in [-0.1, -0.05) is 12.8 Å². The van der Waals surface area contributed by atoms with Gasteiger partial charge in [0.05, 0.1) is 18.2 Å². The minimum atomic E-state index is -4.36. The van der Waals surface area contributed by atoms with E-state index in [1.807, 2.05) is 7.05 Å². The molecule has 1 aliphatic heterocycles. The topological polar surface area (TPSA) is 163 Å². The largest absolute Gasteiger partial charge is 0.387 e. The van der Waals surface area contributed by atoms with Crippen molar-refractivity contribution in [2.75, 3.05) is 24.9 Å². The molecule has 0 bridgehead atoms. The normalized spacial score (nSPS) is 27.4. The average Bonchev–Trinajstić information content (AvgIpc) is 3.42. The summed E-state index contributed by atoms with van der Waals surface area (Å²) < 4.78 is 22.9. The molecule has 0 aromatic carbocycles. The summed E-state index contributed by atoms with van der Waals surface area (Å²) in [5.41, 5.74) is 0.341. The van der Waals surface area contributed by atoms with E-state index in [4.69, 9.17) is 30.9 Å². The van der Waals surface area contributed by atoms with E-state index in [-0.39, 0.29) is 11.9 Å². The first-order valence-corrected chi connectivity index (χ1v) is 12.1. The van der Waals surface area contributed by atoms with Crippen LogP contribution in [0.15, 0.2) is 6.20 Å². The number of aliphatic hydroxyl groups excluding tert-OH is 2. The number of aromatic nitrogens is 4. The van der Waals surface area contributed by atoms with Crippen molar-refractivity contribution in [2.45, 2.75) is 56.3 Å². The Bertz CT molecular complexity index is 981. The molecule has 2 fully saturated rings. The zero-order valence-corrected chi connectivity index (χ0v) is 18.4. The summed E-state index contributed by atoms with van der Waals surface area (Å²) in [4.78, 5) is 28.5. The quantitative estimate of drug-likeness (QED) is 0.326. The molecule has 2 aromatic heterocycles. The van der Waals surface area contributed by atoms with E-state index in [1.54, 1.807) is 6.20 Å². The van der Waals surface area contributed by atoms with Crippen molar-refractivity contribution in [1.82, 2.24) is 19.7 Å². The van der Waals surface area contributed by atoms with Crippen LogP contribution in [0.5, 0.6) is 0 Å². The van der Waals surface area contributed by atoms with Crippen LogP contribution >= 0.6 is 19.2 Å². The molecule has 0 spiro atoms. The van der Waals surface area contributed by atoms with E-state index in [1.165, 1.54) is 4.68 Å². The summed E-state index contributed by atoms with van der Waals surface area (Å²) in [5.74, 6) is 0.628. The molecule has 172 valence electrons. The van der Waals surface area contributed by atoms with E-state index in [0.29, 0.717) is 22.9 Å². The monoisotopic (exact) mass is 477 g/mol. The number of ether oxygens (including phenoxy) is 2. The highest BCUT2D eigenvalue weighted by molar-refractivity contribution is 7.51. The van der Waals surface area contributed by atoms with Crippen LogP contribution in [0.2, 0.25) is 5.28 Å². The Morgan fingerprint density at radius 2 is 2.00 bits per heavy atom. The number of fused-ring (bicyclic) bond motifs is 1. The minimum absolute atomic E-state index is 0.0173. The van der Waals surface area contributed by atoms with Gasteiger partial charge < -0.3 is 34.4 Å². The summed E-state index contributed by atoms with van der Waals surface area (Å²) in [6.45, 7) is -0.315. The van der Waals surface area contributed by atoms with E-state index >= 15 is 0 Å². The first-order chi connectivity index (χ1) is 14.7. The SMILES string of the molecule is CN(c1nc(Cl)nc2c1cnn2[C@@H]1O[C@H](COCP(=O)(O)O)[C@@H](O)[C@H]1O)C1CCCC1. The van der Waals surface area contributed by atoms with Gasteiger partial charge in [0, 0.05) is 13.1 Å². The number of rotatable bonds is 7.